The fourth-order valence-electron chi connectivity index (χ4n) is 1.37. The van der Waals surface area contributed by atoms with Gasteiger partial charge in [0.15, 0.2) is 0 Å². The van der Waals surface area contributed by atoms with Gasteiger partial charge < -0.3 is 10.5 Å². The average Bonchev–Trinajstić information content (AvgIpc) is 2.28. The molecular formula is C12H10ClN3O2. The van der Waals surface area contributed by atoms with Gasteiger partial charge in [-0.1, -0.05) is 11.6 Å². The molecule has 0 aliphatic rings. The van der Waals surface area contributed by atoms with Crippen molar-refractivity contribution in [3.63, 3.8) is 0 Å². The molecule has 2 aromatic rings. The zero-order valence-corrected chi connectivity index (χ0v) is 10.3. The van der Waals surface area contributed by atoms with Gasteiger partial charge in [-0.05, 0) is 31.2 Å². The molecule has 1 aromatic heterocycles. The van der Waals surface area contributed by atoms with Gasteiger partial charge in [-0.3, -0.25) is 4.79 Å². The summed E-state index contributed by atoms with van der Waals surface area (Å²) in [5, 5.41) is 0.311. The maximum absolute atomic E-state index is 10.9. The number of rotatable bonds is 3. The standard InChI is InChI=1S/C12H10ClN3O2/c1-7-15-10(13)6-11(16-7)18-9-4-2-8(3-5-9)12(14)17/h2-6H,1H3,(H2,14,17). The lowest BCUT2D eigenvalue weighted by atomic mass is 10.2. The van der Waals surface area contributed by atoms with Gasteiger partial charge >= 0.3 is 0 Å². The van der Waals surface area contributed by atoms with Crippen molar-refractivity contribution in [3.05, 3.63) is 46.9 Å². The van der Waals surface area contributed by atoms with E-state index < -0.39 is 5.91 Å². The second-order valence-corrected chi connectivity index (χ2v) is 3.95. The summed E-state index contributed by atoms with van der Waals surface area (Å²) in [7, 11) is 0. The molecular weight excluding hydrogens is 254 g/mol. The van der Waals surface area contributed by atoms with E-state index in [1.807, 2.05) is 0 Å². The number of carbonyl (C=O) groups excluding carboxylic acids is 1. The molecule has 0 aliphatic carbocycles. The highest BCUT2D eigenvalue weighted by molar-refractivity contribution is 6.29. The Kier molecular flexibility index (Phi) is 3.43. The topological polar surface area (TPSA) is 78.1 Å². The minimum absolute atomic E-state index is 0.311. The van der Waals surface area contributed by atoms with Gasteiger partial charge in [0.05, 0.1) is 0 Å². The van der Waals surface area contributed by atoms with Gasteiger partial charge in [-0.2, -0.15) is 4.98 Å². The van der Waals surface area contributed by atoms with Crippen LogP contribution in [0.15, 0.2) is 30.3 Å². The molecule has 2 rings (SSSR count). The highest BCUT2D eigenvalue weighted by Gasteiger charge is 2.04. The van der Waals surface area contributed by atoms with Crippen molar-refractivity contribution in [1.82, 2.24) is 9.97 Å². The molecule has 0 saturated carbocycles. The number of amides is 1. The molecule has 0 spiro atoms. The molecule has 92 valence electrons. The van der Waals surface area contributed by atoms with Crippen molar-refractivity contribution in [3.8, 4) is 11.6 Å². The zero-order valence-electron chi connectivity index (χ0n) is 9.55. The largest absolute Gasteiger partial charge is 0.439 e. The number of hydrogen-bond acceptors (Lipinski definition) is 4. The van der Waals surface area contributed by atoms with E-state index in [9.17, 15) is 4.79 Å². The second-order valence-electron chi connectivity index (χ2n) is 3.57. The smallest absolute Gasteiger partial charge is 0.248 e. The van der Waals surface area contributed by atoms with E-state index in [0.717, 1.165) is 0 Å². The first-order chi connectivity index (χ1) is 8.54. The Morgan fingerprint density at radius 2 is 1.94 bits per heavy atom. The van der Waals surface area contributed by atoms with Crippen LogP contribution in [0.25, 0.3) is 0 Å². The summed E-state index contributed by atoms with van der Waals surface area (Å²) in [6, 6.07) is 7.92. The first-order valence-corrected chi connectivity index (χ1v) is 5.51. The third kappa shape index (κ3) is 2.95. The van der Waals surface area contributed by atoms with Crippen LogP contribution < -0.4 is 10.5 Å². The Hall–Kier alpha value is -2.14. The number of primary amides is 1. The first kappa shape index (κ1) is 12.3. The fourth-order valence-corrected chi connectivity index (χ4v) is 1.58. The number of ether oxygens (including phenoxy) is 1. The lowest BCUT2D eigenvalue weighted by Gasteiger charge is -2.05. The van der Waals surface area contributed by atoms with E-state index in [0.29, 0.717) is 28.2 Å². The van der Waals surface area contributed by atoms with Crippen LogP contribution in [0, 0.1) is 6.92 Å². The van der Waals surface area contributed by atoms with Crippen LogP contribution in [0.1, 0.15) is 16.2 Å². The van der Waals surface area contributed by atoms with Crippen LogP contribution in [0.3, 0.4) is 0 Å². The first-order valence-electron chi connectivity index (χ1n) is 5.13. The summed E-state index contributed by atoms with van der Waals surface area (Å²) in [4.78, 5) is 18.9. The van der Waals surface area contributed by atoms with Gasteiger partial charge in [-0.15, -0.1) is 0 Å². The van der Waals surface area contributed by atoms with Crippen LogP contribution >= 0.6 is 11.6 Å². The van der Waals surface area contributed by atoms with Crippen molar-refractivity contribution >= 4 is 17.5 Å². The van der Waals surface area contributed by atoms with E-state index >= 15 is 0 Å². The normalized spacial score (nSPS) is 10.1. The second kappa shape index (κ2) is 5.01. The fraction of sp³-hybridized carbons (Fsp3) is 0.0833. The summed E-state index contributed by atoms with van der Waals surface area (Å²) in [5.74, 6) is 0.919. The molecule has 6 heteroatoms. The number of halogens is 1. The van der Waals surface area contributed by atoms with Gasteiger partial charge in [0, 0.05) is 11.6 Å². The van der Waals surface area contributed by atoms with Gasteiger partial charge in [0.1, 0.15) is 16.7 Å². The predicted octanol–water partition coefficient (Wildman–Crippen LogP) is 2.33. The molecule has 0 aliphatic heterocycles. The van der Waals surface area contributed by atoms with Crippen LogP contribution in [-0.4, -0.2) is 15.9 Å². The van der Waals surface area contributed by atoms with E-state index in [4.69, 9.17) is 22.1 Å². The van der Waals surface area contributed by atoms with Crippen molar-refractivity contribution in [1.29, 1.82) is 0 Å². The quantitative estimate of drug-likeness (QED) is 0.862. The number of nitrogens with two attached hydrogens (primary N) is 1. The molecule has 0 bridgehead atoms. The Morgan fingerprint density at radius 3 is 2.50 bits per heavy atom. The number of benzene rings is 1. The average molecular weight is 264 g/mol. The SMILES string of the molecule is Cc1nc(Cl)cc(Oc2ccc(C(N)=O)cc2)n1. The summed E-state index contributed by atoms with van der Waals surface area (Å²) in [5.41, 5.74) is 5.55. The molecule has 5 nitrogen and oxygen atoms in total. The molecule has 1 heterocycles. The third-order valence-electron chi connectivity index (χ3n) is 2.14. The molecule has 0 fully saturated rings. The predicted molar refractivity (Wildman–Crippen MR) is 66.8 cm³/mol. The summed E-state index contributed by atoms with van der Waals surface area (Å²) < 4.78 is 5.49. The number of aromatic nitrogens is 2. The summed E-state index contributed by atoms with van der Waals surface area (Å²) in [6.07, 6.45) is 0. The van der Waals surface area contributed by atoms with Crippen molar-refractivity contribution < 1.29 is 9.53 Å². The molecule has 0 saturated heterocycles. The highest BCUT2D eigenvalue weighted by atomic mass is 35.5. The molecule has 0 radical (unpaired) electrons. The van der Waals surface area contributed by atoms with Crippen molar-refractivity contribution in [2.24, 2.45) is 5.73 Å². The molecule has 0 unspecified atom stereocenters. The Labute approximate surface area is 109 Å². The van der Waals surface area contributed by atoms with E-state index in [1.165, 1.54) is 6.07 Å². The van der Waals surface area contributed by atoms with Crippen LogP contribution in [-0.2, 0) is 0 Å². The van der Waals surface area contributed by atoms with E-state index in [-0.39, 0.29) is 0 Å². The van der Waals surface area contributed by atoms with Crippen LogP contribution in [0.2, 0.25) is 5.15 Å². The molecule has 1 amide bonds. The van der Waals surface area contributed by atoms with Gasteiger partial charge in [0.2, 0.25) is 11.8 Å². The number of nitrogens with zero attached hydrogens (tertiary/aromatic N) is 2. The molecule has 2 N–H and O–H groups in total. The maximum Gasteiger partial charge on any atom is 0.248 e. The van der Waals surface area contributed by atoms with E-state index in [1.54, 1.807) is 31.2 Å². The Morgan fingerprint density at radius 1 is 1.28 bits per heavy atom. The highest BCUT2D eigenvalue weighted by Crippen LogP contribution is 2.21. The van der Waals surface area contributed by atoms with Crippen molar-refractivity contribution in [2.75, 3.05) is 0 Å². The number of carbonyl (C=O) groups is 1. The van der Waals surface area contributed by atoms with Crippen LogP contribution in [0.5, 0.6) is 11.6 Å². The zero-order chi connectivity index (χ0) is 13.1. The maximum atomic E-state index is 10.9. The van der Waals surface area contributed by atoms with E-state index in [2.05, 4.69) is 9.97 Å². The molecule has 1 aromatic carbocycles. The van der Waals surface area contributed by atoms with Crippen molar-refractivity contribution in [2.45, 2.75) is 6.92 Å². The third-order valence-corrected chi connectivity index (χ3v) is 2.34. The minimum Gasteiger partial charge on any atom is -0.439 e. The molecule has 0 atom stereocenters. The Balaban J connectivity index is 2.20. The summed E-state index contributed by atoms with van der Waals surface area (Å²) in [6.45, 7) is 1.72. The van der Waals surface area contributed by atoms with Gasteiger partial charge in [-0.25, -0.2) is 4.98 Å². The minimum atomic E-state index is -0.484. The van der Waals surface area contributed by atoms with Gasteiger partial charge in [0.25, 0.3) is 0 Å². The number of aryl methyl sites for hydroxylation is 1. The lowest BCUT2D eigenvalue weighted by molar-refractivity contribution is 0.100. The lowest BCUT2D eigenvalue weighted by Crippen LogP contribution is -2.10. The van der Waals surface area contributed by atoms with Crippen LogP contribution in [0.4, 0.5) is 0 Å². The Bertz CT molecular complexity index is 564. The summed E-state index contributed by atoms with van der Waals surface area (Å²) >= 11 is 5.79. The molecule has 18 heavy (non-hydrogen) atoms. The number of hydrogen-bond donors (Lipinski definition) is 1. The monoisotopic (exact) mass is 263 g/mol.